The van der Waals surface area contributed by atoms with Crippen molar-refractivity contribution in [1.82, 2.24) is 9.97 Å². The molecular formula is C32H34N2O. The predicted octanol–water partition coefficient (Wildman–Crippen LogP) is 9.23. The Morgan fingerprint density at radius 1 is 0.914 bits per heavy atom. The van der Waals surface area contributed by atoms with Gasteiger partial charge in [0.25, 0.3) is 0 Å². The zero-order chi connectivity index (χ0) is 24.5. The van der Waals surface area contributed by atoms with E-state index in [-0.39, 0.29) is 0 Å². The Kier molecular flexibility index (Phi) is 5.03. The van der Waals surface area contributed by atoms with E-state index in [4.69, 9.17) is 9.40 Å². The predicted molar refractivity (Wildman–Crippen MR) is 146 cm³/mol. The average molecular weight is 463 g/mol. The third-order valence-corrected chi connectivity index (χ3v) is 7.90. The number of rotatable bonds is 3. The van der Waals surface area contributed by atoms with Gasteiger partial charge in [-0.15, -0.1) is 0 Å². The number of nitrogens with zero attached hydrogens (tertiary/aromatic N) is 2. The van der Waals surface area contributed by atoms with Crippen molar-refractivity contribution in [3.05, 3.63) is 71.0 Å². The maximum Gasteiger partial charge on any atom is 0.227 e. The Balaban J connectivity index is 1.67. The Morgan fingerprint density at radius 2 is 1.74 bits per heavy atom. The van der Waals surface area contributed by atoms with Crippen molar-refractivity contribution in [1.29, 1.82) is 0 Å². The van der Waals surface area contributed by atoms with Crippen molar-refractivity contribution in [2.24, 2.45) is 5.41 Å². The quantitative estimate of drug-likeness (QED) is 0.268. The first-order valence-electron chi connectivity index (χ1n) is 12.9. The molecule has 1 aliphatic carbocycles. The molecule has 1 unspecified atom stereocenters. The number of furan rings is 1. The minimum Gasteiger partial charge on any atom is -0.437 e. The fraction of sp³-hybridized carbons (Fsp3) is 0.375. The van der Waals surface area contributed by atoms with Crippen LogP contribution in [0.4, 0.5) is 0 Å². The zero-order valence-corrected chi connectivity index (χ0v) is 21.7. The molecule has 6 rings (SSSR count). The average Bonchev–Trinajstić information content (AvgIpc) is 3.36. The number of fused-ring (bicyclic) bond motifs is 4. The first-order valence-corrected chi connectivity index (χ1v) is 12.9. The van der Waals surface area contributed by atoms with Gasteiger partial charge in [-0.3, -0.25) is 4.98 Å². The first-order chi connectivity index (χ1) is 16.7. The maximum absolute atomic E-state index is 6.43. The summed E-state index contributed by atoms with van der Waals surface area (Å²) in [5.74, 6) is 0.936. The molecule has 3 nitrogen and oxygen atoms in total. The number of aryl methyl sites for hydroxylation is 2. The first kappa shape index (κ1) is 22.3. The highest BCUT2D eigenvalue weighted by Gasteiger charge is 2.33. The molecule has 178 valence electrons. The maximum atomic E-state index is 6.43. The normalized spacial score (nSPS) is 17.9. The van der Waals surface area contributed by atoms with Crippen molar-refractivity contribution in [2.45, 2.75) is 72.6 Å². The summed E-state index contributed by atoms with van der Waals surface area (Å²) in [4.78, 5) is 9.94. The van der Waals surface area contributed by atoms with E-state index in [1.807, 2.05) is 6.92 Å². The van der Waals surface area contributed by atoms with E-state index >= 15 is 0 Å². The highest BCUT2D eigenvalue weighted by atomic mass is 16.3. The molecule has 1 fully saturated rings. The number of benzene rings is 2. The van der Waals surface area contributed by atoms with E-state index < -0.39 is 0 Å². The van der Waals surface area contributed by atoms with Crippen molar-refractivity contribution >= 4 is 32.8 Å². The third-order valence-electron chi connectivity index (χ3n) is 7.90. The lowest BCUT2D eigenvalue weighted by atomic mass is 9.86. The standard InChI is InChI=1S/C32H34N2O/c1-18(2)28-16-25-22(21-12-13-32(5,6)17-21)8-7-9-23(25)29(34-28)27-15-19(3)14-26-24-11-10-20(4)33-31(24)35-30(26)27/h7-11,14-16,18,21H,12-13,17H2,1-6H3. The zero-order valence-electron chi connectivity index (χ0n) is 21.7. The van der Waals surface area contributed by atoms with Crippen molar-refractivity contribution in [3.8, 4) is 11.3 Å². The van der Waals surface area contributed by atoms with Gasteiger partial charge in [0, 0.05) is 33.1 Å². The van der Waals surface area contributed by atoms with Gasteiger partial charge in [-0.1, -0.05) is 45.9 Å². The summed E-state index contributed by atoms with van der Waals surface area (Å²) < 4.78 is 6.43. The van der Waals surface area contributed by atoms with Crippen LogP contribution in [0.25, 0.3) is 44.1 Å². The van der Waals surface area contributed by atoms with Gasteiger partial charge < -0.3 is 4.42 Å². The molecule has 0 radical (unpaired) electrons. The minimum absolute atomic E-state index is 0.339. The molecule has 3 heteroatoms. The molecule has 1 atom stereocenters. The lowest BCUT2D eigenvalue weighted by Gasteiger charge is -2.20. The molecule has 0 bridgehead atoms. The second-order valence-electron chi connectivity index (χ2n) is 11.7. The highest BCUT2D eigenvalue weighted by molar-refractivity contribution is 6.11. The van der Waals surface area contributed by atoms with Crippen molar-refractivity contribution in [3.63, 3.8) is 0 Å². The molecule has 0 amide bonds. The molecule has 1 saturated carbocycles. The topological polar surface area (TPSA) is 38.9 Å². The third kappa shape index (κ3) is 3.73. The summed E-state index contributed by atoms with van der Waals surface area (Å²) in [7, 11) is 0. The van der Waals surface area contributed by atoms with E-state index in [1.54, 1.807) is 0 Å². The van der Waals surface area contributed by atoms with Crippen LogP contribution in [0.15, 0.2) is 52.9 Å². The fourth-order valence-corrected chi connectivity index (χ4v) is 6.05. The molecule has 5 aromatic rings. The van der Waals surface area contributed by atoms with Gasteiger partial charge >= 0.3 is 0 Å². The number of aromatic nitrogens is 2. The number of pyridine rings is 2. The summed E-state index contributed by atoms with van der Waals surface area (Å²) in [6, 6.07) is 17.8. The van der Waals surface area contributed by atoms with Crippen LogP contribution >= 0.6 is 0 Å². The van der Waals surface area contributed by atoms with E-state index in [2.05, 4.69) is 88.1 Å². The summed E-state index contributed by atoms with van der Waals surface area (Å²) in [6.07, 6.45) is 3.78. The van der Waals surface area contributed by atoms with Gasteiger partial charge in [0.15, 0.2) is 0 Å². The van der Waals surface area contributed by atoms with Crippen LogP contribution in [0, 0.1) is 19.3 Å². The van der Waals surface area contributed by atoms with E-state index in [1.165, 1.54) is 41.2 Å². The van der Waals surface area contributed by atoms with E-state index in [0.29, 0.717) is 23.0 Å². The molecule has 3 heterocycles. The van der Waals surface area contributed by atoms with Crippen molar-refractivity contribution in [2.75, 3.05) is 0 Å². The molecule has 0 saturated heterocycles. The van der Waals surface area contributed by atoms with Crippen LogP contribution in [-0.4, -0.2) is 9.97 Å². The summed E-state index contributed by atoms with van der Waals surface area (Å²) in [5, 5.41) is 4.74. The molecule has 0 spiro atoms. The SMILES string of the molecule is Cc1cc(-c2nc(C(C)C)cc3c(C4CCC(C)(C)C4)cccc23)c2oc3nc(C)ccc3c2c1. The van der Waals surface area contributed by atoms with Crippen LogP contribution in [0.3, 0.4) is 0 Å². The monoisotopic (exact) mass is 462 g/mol. The number of hydrogen-bond donors (Lipinski definition) is 0. The van der Waals surface area contributed by atoms with Crippen LogP contribution in [-0.2, 0) is 0 Å². The van der Waals surface area contributed by atoms with Gasteiger partial charge in [0.1, 0.15) is 5.58 Å². The van der Waals surface area contributed by atoms with E-state index in [9.17, 15) is 0 Å². The molecule has 1 aliphatic rings. The van der Waals surface area contributed by atoms with Crippen LogP contribution in [0.5, 0.6) is 0 Å². The highest BCUT2D eigenvalue weighted by Crippen LogP contribution is 2.48. The Bertz CT molecular complexity index is 1610. The molecule has 3 aromatic heterocycles. The molecule has 2 aromatic carbocycles. The second-order valence-corrected chi connectivity index (χ2v) is 11.7. The lowest BCUT2D eigenvalue weighted by Crippen LogP contribution is -2.05. The lowest BCUT2D eigenvalue weighted by molar-refractivity contribution is 0.376. The van der Waals surface area contributed by atoms with Gasteiger partial charge in [0.2, 0.25) is 5.71 Å². The Hall–Kier alpha value is -3.20. The van der Waals surface area contributed by atoms with E-state index in [0.717, 1.165) is 39.0 Å². The van der Waals surface area contributed by atoms with Crippen LogP contribution < -0.4 is 0 Å². The van der Waals surface area contributed by atoms with Gasteiger partial charge in [-0.05, 0) is 97.2 Å². The van der Waals surface area contributed by atoms with Crippen LogP contribution in [0.2, 0.25) is 0 Å². The molecular weight excluding hydrogens is 428 g/mol. The van der Waals surface area contributed by atoms with Crippen molar-refractivity contribution < 1.29 is 4.42 Å². The molecule has 0 aliphatic heterocycles. The Labute approximate surface area is 207 Å². The largest absolute Gasteiger partial charge is 0.437 e. The molecule has 0 N–H and O–H groups in total. The Morgan fingerprint density at radius 3 is 2.49 bits per heavy atom. The smallest absolute Gasteiger partial charge is 0.227 e. The van der Waals surface area contributed by atoms with Gasteiger partial charge in [-0.25, -0.2) is 4.98 Å². The fourth-order valence-electron chi connectivity index (χ4n) is 6.05. The summed E-state index contributed by atoms with van der Waals surface area (Å²) >= 11 is 0. The second kappa shape index (κ2) is 7.91. The molecule has 35 heavy (non-hydrogen) atoms. The van der Waals surface area contributed by atoms with Gasteiger partial charge in [-0.2, -0.15) is 0 Å². The van der Waals surface area contributed by atoms with Gasteiger partial charge in [0.05, 0.1) is 5.69 Å². The van der Waals surface area contributed by atoms with Crippen LogP contribution in [0.1, 0.15) is 81.3 Å². The number of hydrogen-bond acceptors (Lipinski definition) is 3. The minimum atomic E-state index is 0.339. The summed E-state index contributed by atoms with van der Waals surface area (Å²) in [6.45, 7) is 13.4. The summed E-state index contributed by atoms with van der Waals surface area (Å²) in [5.41, 5.74) is 8.85.